The van der Waals surface area contributed by atoms with Crippen LogP contribution in [-0.4, -0.2) is 24.2 Å². The first-order valence-corrected chi connectivity index (χ1v) is 7.03. The number of nitrogens with two attached hydrogens (primary N) is 1. The summed E-state index contributed by atoms with van der Waals surface area (Å²) in [6, 6.07) is 5.83. The minimum absolute atomic E-state index is 0.189. The van der Waals surface area contributed by atoms with Crippen LogP contribution in [0.4, 0.5) is 11.4 Å². The highest BCUT2D eigenvalue weighted by Crippen LogP contribution is 2.30. The molecule has 0 aromatic heterocycles. The maximum atomic E-state index is 6.05. The van der Waals surface area contributed by atoms with Crippen LogP contribution >= 0.6 is 11.8 Å². The van der Waals surface area contributed by atoms with E-state index in [1.807, 2.05) is 36.9 Å². The van der Waals surface area contributed by atoms with Crippen molar-refractivity contribution in [3.8, 4) is 5.75 Å². The van der Waals surface area contributed by atoms with E-state index in [1.165, 1.54) is 0 Å². The monoisotopic (exact) mass is 254 g/mol. The van der Waals surface area contributed by atoms with Gasteiger partial charge in [-0.05, 0) is 39.2 Å². The van der Waals surface area contributed by atoms with E-state index in [-0.39, 0.29) is 4.75 Å². The van der Waals surface area contributed by atoms with Gasteiger partial charge in [-0.25, -0.2) is 0 Å². The number of rotatable bonds is 6. The summed E-state index contributed by atoms with van der Waals surface area (Å²) in [5, 5.41) is 3.38. The molecule has 3 N–H and O–H groups in total. The van der Waals surface area contributed by atoms with Gasteiger partial charge in [0.05, 0.1) is 18.0 Å². The fraction of sp³-hybridized carbons (Fsp3) is 0.538. The van der Waals surface area contributed by atoms with E-state index in [0.717, 1.165) is 18.0 Å². The average Bonchev–Trinajstić information content (AvgIpc) is 2.31. The Hall–Kier alpha value is -1.03. The van der Waals surface area contributed by atoms with Crippen LogP contribution in [0.15, 0.2) is 18.2 Å². The molecule has 17 heavy (non-hydrogen) atoms. The molecule has 0 aliphatic carbocycles. The predicted molar refractivity (Wildman–Crippen MR) is 78.1 cm³/mol. The number of nitrogen functional groups attached to an aromatic ring is 1. The van der Waals surface area contributed by atoms with Gasteiger partial charge in [-0.3, -0.25) is 0 Å². The summed E-state index contributed by atoms with van der Waals surface area (Å²) >= 11 is 1.83. The molecule has 0 saturated carbocycles. The largest absolute Gasteiger partial charge is 0.492 e. The van der Waals surface area contributed by atoms with Crippen molar-refractivity contribution in [1.82, 2.24) is 0 Å². The van der Waals surface area contributed by atoms with Gasteiger partial charge in [-0.15, -0.1) is 0 Å². The van der Waals surface area contributed by atoms with E-state index in [4.69, 9.17) is 10.5 Å². The zero-order valence-corrected chi connectivity index (χ0v) is 11.9. The molecule has 0 aliphatic heterocycles. The van der Waals surface area contributed by atoms with Crippen LogP contribution in [-0.2, 0) is 0 Å². The van der Waals surface area contributed by atoms with Crippen LogP contribution in [0, 0.1) is 0 Å². The van der Waals surface area contributed by atoms with Crippen LogP contribution in [0.2, 0.25) is 0 Å². The van der Waals surface area contributed by atoms with Crippen LogP contribution in [0.1, 0.15) is 20.8 Å². The molecule has 4 heteroatoms. The van der Waals surface area contributed by atoms with E-state index in [2.05, 4.69) is 25.4 Å². The van der Waals surface area contributed by atoms with Gasteiger partial charge in [0, 0.05) is 11.3 Å². The Bertz CT molecular complexity index is 366. The standard InChI is InChI=1S/C13H22N2OS/c1-5-16-11-8-6-7-10(12(11)14)15-9-13(2,3)17-4/h6-8,15H,5,9,14H2,1-4H3. The summed E-state index contributed by atoms with van der Waals surface area (Å²) in [4.78, 5) is 0. The predicted octanol–water partition coefficient (Wildman–Crippen LogP) is 3.22. The van der Waals surface area contributed by atoms with E-state index in [9.17, 15) is 0 Å². The van der Waals surface area contributed by atoms with E-state index in [0.29, 0.717) is 12.3 Å². The van der Waals surface area contributed by atoms with Crippen LogP contribution in [0.3, 0.4) is 0 Å². The maximum Gasteiger partial charge on any atom is 0.144 e. The molecule has 0 atom stereocenters. The molecule has 0 amide bonds. The first-order valence-electron chi connectivity index (χ1n) is 5.80. The highest BCUT2D eigenvalue weighted by Gasteiger charge is 2.16. The number of para-hydroxylation sites is 1. The van der Waals surface area contributed by atoms with Gasteiger partial charge < -0.3 is 15.8 Å². The number of thioether (sulfide) groups is 1. The summed E-state index contributed by atoms with van der Waals surface area (Å²) in [6.07, 6.45) is 2.11. The van der Waals surface area contributed by atoms with Crippen molar-refractivity contribution in [3.63, 3.8) is 0 Å². The van der Waals surface area contributed by atoms with Crippen LogP contribution in [0.5, 0.6) is 5.75 Å². The number of hydrogen-bond donors (Lipinski definition) is 2. The number of ether oxygens (including phenoxy) is 1. The Kier molecular flexibility index (Phi) is 5.00. The van der Waals surface area contributed by atoms with Crippen LogP contribution in [0.25, 0.3) is 0 Å². The van der Waals surface area contributed by atoms with Crippen LogP contribution < -0.4 is 15.8 Å². The van der Waals surface area contributed by atoms with Crippen molar-refractivity contribution in [3.05, 3.63) is 18.2 Å². The molecule has 0 saturated heterocycles. The molecule has 0 aliphatic rings. The Balaban J connectivity index is 2.75. The lowest BCUT2D eigenvalue weighted by Gasteiger charge is -2.23. The molecular weight excluding hydrogens is 232 g/mol. The lowest BCUT2D eigenvalue weighted by molar-refractivity contribution is 0.342. The summed E-state index contributed by atoms with van der Waals surface area (Å²) in [5.41, 5.74) is 7.67. The Morgan fingerprint density at radius 3 is 2.71 bits per heavy atom. The van der Waals surface area contributed by atoms with Crippen molar-refractivity contribution in [2.45, 2.75) is 25.5 Å². The molecule has 0 radical (unpaired) electrons. The molecule has 1 rings (SSSR count). The fourth-order valence-corrected chi connectivity index (χ4v) is 1.58. The molecule has 0 fully saturated rings. The number of benzene rings is 1. The summed E-state index contributed by atoms with van der Waals surface area (Å²) < 4.78 is 5.65. The van der Waals surface area contributed by atoms with Gasteiger partial charge in [0.25, 0.3) is 0 Å². The molecule has 1 aromatic rings. The van der Waals surface area contributed by atoms with Crippen molar-refractivity contribution in [2.24, 2.45) is 0 Å². The third kappa shape index (κ3) is 4.04. The van der Waals surface area contributed by atoms with Crippen molar-refractivity contribution < 1.29 is 4.74 Å². The molecule has 0 spiro atoms. The van der Waals surface area contributed by atoms with Gasteiger partial charge in [-0.2, -0.15) is 11.8 Å². The van der Waals surface area contributed by atoms with Gasteiger partial charge in [0.1, 0.15) is 5.75 Å². The van der Waals surface area contributed by atoms with Gasteiger partial charge in [0.15, 0.2) is 0 Å². The molecule has 1 aromatic carbocycles. The topological polar surface area (TPSA) is 47.3 Å². The molecule has 0 bridgehead atoms. The van der Waals surface area contributed by atoms with E-state index in [1.54, 1.807) is 0 Å². The minimum Gasteiger partial charge on any atom is -0.492 e. The normalized spacial score (nSPS) is 11.3. The lowest BCUT2D eigenvalue weighted by atomic mass is 10.2. The summed E-state index contributed by atoms with van der Waals surface area (Å²) in [6.45, 7) is 7.86. The first-order chi connectivity index (χ1) is 8.00. The molecule has 3 nitrogen and oxygen atoms in total. The highest BCUT2D eigenvalue weighted by atomic mass is 32.2. The van der Waals surface area contributed by atoms with E-state index < -0.39 is 0 Å². The number of anilines is 2. The third-order valence-electron chi connectivity index (χ3n) is 2.62. The SMILES string of the molecule is CCOc1cccc(NCC(C)(C)SC)c1N. The Labute approximate surface area is 108 Å². The molecule has 0 heterocycles. The summed E-state index contributed by atoms with van der Waals surface area (Å²) in [5.74, 6) is 0.749. The lowest BCUT2D eigenvalue weighted by Crippen LogP contribution is -2.26. The van der Waals surface area contributed by atoms with Crippen molar-refractivity contribution in [1.29, 1.82) is 0 Å². The second kappa shape index (κ2) is 6.05. The zero-order valence-electron chi connectivity index (χ0n) is 11.0. The highest BCUT2D eigenvalue weighted by molar-refractivity contribution is 7.99. The third-order valence-corrected chi connectivity index (χ3v) is 3.87. The second-order valence-electron chi connectivity index (χ2n) is 4.47. The van der Waals surface area contributed by atoms with E-state index >= 15 is 0 Å². The quantitative estimate of drug-likeness (QED) is 0.765. The average molecular weight is 254 g/mol. The minimum atomic E-state index is 0.189. The second-order valence-corrected chi connectivity index (χ2v) is 5.98. The summed E-state index contributed by atoms with van der Waals surface area (Å²) in [7, 11) is 0. The van der Waals surface area contributed by atoms with Gasteiger partial charge in [-0.1, -0.05) is 6.07 Å². The Morgan fingerprint density at radius 2 is 2.12 bits per heavy atom. The van der Waals surface area contributed by atoms with Crippen molar-refractivity contribution >= 4 is 23.1 Å². The maximum absolute atomic E-state index is 6.05. The van der Waals surface area contributed by atoms with Gasteiger partial charge in [0.2, 0.25) is 0 Å². The zero-order chi connectivity index (χ0) is 12.9. The fourth-order valence-electron chi connectivity index (χ4n) is 1.36. The molecular formula is C13H22N2OS. The number of nitrogens with one attached hydrogen (secondary N) is 1. The Morgan fingerprint density at radius 1 is 1.41 bits per heavy atom. The van der Waals surface area contributed by atoms with Gasteiger partial charge >= 0.3 is 0 Å². The first kappa shape index (κ1) is 14.0. The molecule has 96 valence electrons. The smallest absolute Gasteiger partial charge is 0.144 e. The molecule has 0 unspecified atom stereocenters. The number of hydrogen-bond acceptors (Lipinski definition) is 4. The van der Waals surface area contributed by atoms with Crippen molar-refractivity contribution in [2.75, 3.05) is 30.5 Å².